The van der Waals surface area contributed by atoms with Gasteiger partial charge < -0.3 is 9.64 Å². The minimum atomic E-state index is 0.0222. The van der Waals surface area contributed by atoms with Gasteiger partial charge in [-0.1, -0.05) is 23.4 Å². The second-order valence-electron chi connectivity index (χ2n) is 7.15. The van der Waals surface area contributed by atoms with Gasteiger partial charge in [0, 0.05) is 24.0 Å². The molecule has 29 heavy (non-hydrogen) atoms. The van der Waals surface area contributed by atoms with E-state index in [4.69, 9.17) is 4.74 Å². The number of fused-ring (bicyclic) bond motifs is 1. The first-order chi connectivity index (χ1) is 14.2. The summed E-state index contributed by atoms with van der Waals surface area (Å²) >= 11 is 0. The molecule has 2 aromatic heterocycles. The van der Waals surface area contributed by atoms with Crippen LogP contribution in [-0.2, 0) is 4.74 Å². The van der Waals surface area contributed by atoms with E-state index in [9.17, 15) is 4.79 Å². The molecular weight excluding hydrogens is 368 g/mol. The molecule has 1 atom stereocenters. The molecule has 1 fully saturated rings. The van der Waals surface area contributed by atoms with E-state index in [1.54, 1.807) is 4.68 Å². The number of nitrogens with zero attached hydrogens (tertiary/aromatic N) is 5. The SMILES string of the molecule is CC1CN(C(=O)c2ccc(-n3cc(-c4n[nH]c5ccccc45)nn3)cc2)CCO1. The third-order valence-corrected chi connectivity index (χ3v) is 5.11. The summed E-state index contributed by atoms with van der Waals surface area (Å²) in [6.45, 7) is 3.79. The predicted octanol–water partition coefficient (Wildman–Crippen LogP) is 2.67. The number of carbonyl (C=O) groups excluding carboxylic acids is 1. The van der Waals surface area contributed by atoms with Crippen LogP contribution in [0, 0.1) is 0 Å². The maximum Gasteiger partial charge on any atom is 0.254 e. The number of benzene rings is 2. The summed E-state index contributed by atoms with van der Waals surface area (Å²) in [7, 11) is 0. The number of morpholine rings is 1. The Labute approximate surface area is 167 Å². The summed E-state index contributed by atoms with van der Waals surface area (Å²) in [4.78, 5) is 14.5. The lowest BCUT2D eigenvalue weighted by Crippen LogP contribution is -2.44. The van der Waals surface area contributed by atoms with Gasteiger partial charge in [-0.15, -0.1) is 5.10 Å². The maximum atomic E-state index is 12.7. The van der Waals surface area contributed by atoms with Gasteiger partial charge in [0.05, 0.1) is 30.1 Å². The highest BCUT2D eigenvalue weighted by Crippen LogP contribution is 2.24. The first kappa shape index (κ1) is 17.6. The molecule has 1 aliphatic heterocycles. The van der Waals surface area contributed by atoms with E-state index < -0.39 is 0 Å². The molecule has 1 saturated heterocycles. The average molecular weight is 388 g/mol. The highest BCUT2D eigenvalue weighted by molar-refractivity contribution is 5.94. The number of hydrogen-bond acceptors (Lipinski definition) is 5. The van der Waals surface area contributed by atoms with E-state index in [-0.39, 0.29) is 12.0 Å². The fourth-order valence-corrected chi connectivity index (χ4v) is 3.60. The molecular formula is C21H20N6O2. The molecule has 2 aromatic carbocycles. The Morgan fingerprint density at radius 2 is 2.00 bits per heavy atom. The summed E-state index contributed by atoms with van der Waals surface area (Å²) in [6, 6.07) is 15.3. The molecule has 1 unspecified atom stereocenters. The van der Waals surface area contributed by atoms with Gasteiger partial charge in [0.2, 0.25) is 0 Å². The number of para-hydroxylation sites is 1. The maximum absolute atomic E-state index is 12.7. The number of nitrogens with one attached hydrogen (secondary N) is 1. The highest BCUT2D eigenvalue weighted by atomic mass is 16.5. The number of amides is 1. The van der Waals surface area contributed by atoms with E-state index in [1.165, 1.54) is 0 Å². The zero-order chi connectivity index (χ0) is 19.8. The standard InChI is InChI=1S/C21H20N6O2/c1-14-12-26(10-11-29-14)21(28)15-6-8-16(9-7-15)27-13-19(23-25-27)20-17-4-2-3-5-18(17)22-24-20/h2-9,13-14H,10-12H2,1H3,(H,22,24). The number of aromatic nitrogens is 5. The summed E-state index contributed by atoms with van der Waals surface area (Å²) in [5.41, 5.74) is 3.89. The molecule has 0 spiro atoms. The van der Waals surface area contributed by atoms with Crippen molar-refractivity contribution in [2.75, 3.05) is 19.7 Å². The molecule has 0 aliphatic carbocycles. The van der Waals surface area contributed by atoms with Gasteiger partial charge in [0.25, 0.3) is 5.91 Å². The van der Waals surface area contributed by atoms with Crippen molar-refractivity contribution in [1.82, 2.24) is 30.1 Å². The number of H-pyrrole nitrogens is 1. The van der Waals surface area contributed by atoms with Crippen LogP contribution in [0.3, 0.4) is 0 Å². The van der Waals surface area contributed by atoms with Crippen LogP contribution >= 0.6 is 0 Å². The zero-order valence-corrected chi connectivity index (χ0v) is 15.9. The van der Waals surface area contributed by atoms with Crippen molar-refractivity contribution >= 4 is 16.8 Å². The van der Waals surface area contributed by atoms with Crippen LogP contribution < -0.4 is 0 Å². The molecule has 0 saturated carbocycles. The molecule has 0 radical (unpaired) electrons. The monoisotopic (exact) mass is 388 g/mol. The van der Waals surface area contributed by atoms with Crippen LogP contribution in [0.4, 0.5) is 0 Å². The molecule has 146 valence electrons. The minimum Gasteiger partial charge on any atom is -0.375 e. The normalized spacial score (nSPS) is 17.0. The summed E-state index contributed by atoms with van der Waals surface area (Å²) in [5, 5.41) is 16.9. The van der Waals surface area contributed by atoms with Gasteiger partial charge in [0.15, 0.2) is 0 Å². The highest BCUT2D eigenvalue weighted by Gasteiger charge is 2.22. The van der Waals surface area contributed by atoms with Gasteiger partial charge in [-0.2, -0.15) is 5.10 Å². The Morgan fingerprint density at radius 1 is 1.17 bits per heavy atom. The van der Waals surface area contributed by atoms with Crippen molar-refractivity contribution in [1.29, 1.82) is 0 Å². The van der Waals surface area contributed by atoms with Gasteiger partial charge in [0.1, 0.15) is 11.4 Å². The summed E-state index contributed by atoms with van der Waals surface area (Å²) < 4.78 is 7.20. The van der Waals surface area contributed by atoms with Crippen LogP contribution in [0.2, 0.25) is 0 Å². The second-order valence-corrected chi connectivity index (χ2v) is 7.15. The zero-order valence-electron chi connectivity index (χ0n) is 15.9. The molecule has 8 nitrogen and oxygen atoms in total. The van der Waals surface area contributed by atoms with Crippen molar-refractivity contribution in [2.24, 2.45) is 0 Å². The van der Waals surface area contributed by atoms with E-state index in [0.29, 0.717) is 31.0 Å². The third-order valence-electron chi connectivity index (χ3n) is 5.11. The van der Waals surface area contributed by atoms with Gasteiger partial charge in [-0.05, 0) is 37.3 Å². The van der Waals surface area contributed by atoms with Gasteiger partial charge in [-0.3, -0.25) is 9.89 Å². The van der Waals surface area contributed by atoms with E-state index in [0.717, 1.165) is 22.3 Å². The number of hydrogen-bond donors (Lipinski definition) is 1. The number of aromatic amines is 1. The van der Waals surface area contributed by atoms with Crippen LogP contribution in [0.25, 0.3) is 28.0 Å². The Kier molecular flexibility index (Phi) is 4.33. The lowest BCUT2D eigenvalue weighted by atomic mass is 10.1. The van der Waals surface area contributed by atoms with Crippen LogP contribution in [-0.4, -0.2) is 61.8 Å². The number of rotatable bonds is 3. The van der Waals surface area contributed by atoms with Crippen molar-refractivity contribution < 1.29 is 9.53 Å². The fourth-order valence-electron chi connectivity index (χ4n) is 3.60. The lowest BCUT2D eigenvalue weighted by molar-refractivity contribution is -0.0124. The molecule has 8 heteroatoms. The lowest BCUT2D eigenvalue weighted by Gasteiger charge is -2.31. The Balaban J connectivity index is 1.38. The number of carbonyl (C=O) groups is 1. The molecule has 1 aliphatic rings. The minimum absolute atomic E-state index is 0.0222. The fraction of sp³-hybridized carbons (Fsp3) is 0.238. The molecule has 0 bridgehead atoms. The number of ether oxygens (including phenoxy) is 1. The quantitative estimate of drug-likeness (QED) is 0.583. The predicted molar refractivity (Wildman–Crippen MR) is 108 cm³/mol. The summed E-state index contributed by atoms with van der Waals surface area (Å²) in [5.74, 6) is 0.0222. The summed E-state index contributed by atoms with van der Waals surface area (Å²) in [6.07, 6.45) is 1.90. The molecule has 5 rings (SSSR count). The van der Waals surface area contributed by atoms with Crippen LogP contribution in [0.15, 0.2) is 54.7 Å². The average Bonchev–Trinajstić information content (AvgIpc) is 3.40. The Hall–Kier alpha value is -3.52. The first-order valence-electron chi connectivity index (χ1n) is 9.56. The van der Waals surface area contributed by atoms with Crippen molar-refractivity contribution in [3.63, 3.8) is 0 Å². The van der Waals surface area contributed by atoms with Crippen molar-refractivity contribution in [3.05, 3.63) is 60.3 Å². The van der Waals surface area contributed by atoms with E-state index in [1.807, 2.05) is 66.6 Å². The topological polar surface area (TPSA) is 88.9 Å². The van der Waals surface area contributed by atoms with E-state index >= 15 is 0 Å². The van der Waals surface area contributed by atoms with Crippen molar-refractivity contribution in [2.45, 2.75) is 13.0 Å². The molecule has 3 heterocycles. The first-order valence-corrected chi connectivity index (χ1v) is 9.56. The Morgan fingerprint density at radius 3 is 2.83 bits per heavy atom. The molecule has 4 aromatic rings. The molecule has 1 amide bonds. The van der Waals surface area contributed by atoms with Crippen LogP contribution in [0.1, 0.15) is 17.3 Å². The Bertz CT molecular complexity index is 1160. The van der Waals surface area contributed by atoms with E-state index in [2.05, 4.69) is 20.5 Å². The van der Waals surface area contributed by atoms with Gasteiger partial charge in [-0.25, -0.2) is 4.68 Å². The molecule has 1 N–H and O–H groups in total. The van der Waals surface area contributed by atoms with Crippen LogP contribution in [0.5, 0.6) is 0 Å². The largest absolute Gasteiger partial charge is 0.375 e. The second kappa shape index (κ2) is 7.14. The smallest absolute Gasteiger partial charge is 0.254 e. The third kappa shape index (κ3) is 3.27. The van der Waals surface area contributed by atoms with Gasteiger partial charge >= 0.3 is 0 Å². The van der Waals surface area contributed by atoms with Crippen molar-refractivity contribution in [3.8, 4) is 17.1 Å².